The maximum atomic E-state index is 12.2. The van der Waals surface area contributed by atoms with Gasteiger partial charge < -0.3 is 9.88 Å². The smallest absolute Gasteiger partial charge is 0.350 e. The minimum atomic E-state index is -0.223. The zero-order valence-corrected chi connectivity index (χ0v) is 14.1. The van der Waals surface area contributed by atoms with Crippen molar-refractivity contribution < 1.29 is 4.79 Å². The zero-order valence-electron chi connectivity index (χ0n) is 14.1. The molecule has 0 aliphatic carbocycles. The topological polar surface area (TPSA) is 86.2 Å². The Kier molecular flexibility index (Phi) is 3.87. The molecule has 4 rings (SSSR count). The third kappa shape index (κ3) is 3.07. The molecule has 0 radical (unpaired) electrons. The summed E-state index contributed by atoms with van der Waals surface area (Å²) in [6.07, 6.45) is 5.68. The van der Waals surface area contributed by atoms with Crippen LogP contribution >= 0.6 is 0 Å². The molecule has 25 heavy (non-hydrogen) atoms. The molecule has 8 nitrogen and oxygen atoms in total. The minimum Gasteiger partial charge on any atom is -0.352 e. The number of rotatable bonds is 4. The van der Waals surface area contributed by atoms with E-state index in [4.69, 9.17) is 0 Å². The van der Waals surface area contributed by atoms with Crippen LogP contribution in [-0.2, 0) is 24.3 Å². The molecule has 8 heteroatoms. The number of aryl methyl sites for hydroxylation is 3. The molecule has 0 fully saturated rings. The molecule has 0 unspecified atom stereocenters. The summed E-state index contributed by atoms with van der Waals surface area (Å²) in [5.41, 5.74) is 1.37. The van der Waals surface area contributed by atoms with Crippen LogP contribution in [0, 0.1) is 6.92 Å². The second kappa shape index (κ2) is 6.19. The van der Waals surface area contributed by atoms with Crippen LogP contribution in [0.15, 0.2) is 35.4 Å². The van der Waals surface area contributed by atoms with Crippen LogP contribution in [0.5, 0.6) is 0 Å². The van der Waals surface area contributed by atoms with Crippen molar-refractivity contribution in [3.63, 3.8) is 0 Å². The first-order valence-electron chi connectivity index (χ1n) is 8.46. The number of amides is 1. The highest BCUT2D eigenvalue weighted by Gasteiger charge is 2.21. The summed E-state index contributed by atoms with van der Waals surface area (Å²) in [4.78, 5) is 28.9. The molecule has 1 N–H and O–H groups in total. The third-order valence-corrected chi connectivity index (χ3v) is 4.52. The lowest BCUT2D eigenvalue weighted by molar-refractivity contribution is -0.122. The molecule has 0 saturated heterocycles. The number of fused-ring (bicyclic) bond motifs is 2. The average molecular weight is 340 g/mol. The molecule has 0 bridgehead atoms. The highest BCUT2D eigenvalue weighted by molar-refractivity contribution is 5.76. The van der Waals surface area contributed by atoms with Crippen LogP contribution < -0.4 is 11.0 Å². The van der Waals surface area contributed by atoms with E-state index in [-0.39, 0.29) is 30.6 Å². The Labute approximate surface area is 144 Å². The van der Waals surface area contributed by atoms with Crippen molar-refractivity contribution in [3.8, 4) is 0 Å². The summed E-state index contributed by atoms with van der Waals surface area (Å²) in [5, 5.41) is 7.29. The Morgan fingerprint density at radius 2 is 2.28 bits per heavy atom. The van der Waals surface area contributed by atoms with Crippen molar-refractivity contribution in [1.29, 1.82) is 0 Å². The molecule has 3 aromatic heterocycles. The molecule has 130 valence electrons. The number of pyridine rings is 1. The van der Waals surface area contributed by atoms with Crippen molar-refractivity contribution in [3.05, 3.63) is 52.6 Å². The van der Waals surface area contributed by atoms with Gasteiger partial charge in [0.1, 0.15) is 5.82 Å². The van der Waals surface area contributed by atoms with Gasteiger partial charge in [-0.25, -0.2) is 14.5 Å². The van der Waals surface area contributed by atoms with E-state index in [1.165, 1.54) is 9.08 Å². The molecule has 1 amide bonds. The number of hydrogen-bond acceptors (Lipinski definition) is 4. The minimum absolute atomic E-state index is 0.0609. The van der Waals surface area contributed by atoms with E-state index >= 15 is 0 Å². The van der Waals surface area contributed by atoms with Crippen molar-refractivity contribution in [2.45, 2.75) is 45.3 Å². The Morgan fingerprint density at radius 3 is 3.12 bits per heavy atom. The fraction of sp³-hybridized carbons (Fsp3) is 0.412. The fourth-order valence-corrected chi connectivity index (χ4v) is 3.33. The van der Waals surface area contributed by atoms with Gasteiger partial charge in [0.15, 0.2) is 5.65 Å². The van der Waals surface area contributed by atoms with Gasteiger partial charge in [0.25, 0.3) is 0 Å². The molecule has 1 aliphatic heterocycles. The summed E-state index contributed by atoms with van der Waals surface area (Å²) in [6, 6.07) is 5.48. The second-order valence-electron chi connectivity index (χ2n) is 6.44. The SMILES string of the molecule is Cc1cn2c(n1)CC[C@H](NC(=O)CCn1nc3ccccn3c1=O)C2. The molecule has 1 aliphatic rings. The first kappa shape index (κ1) is 15.6. The van der Waals surface area contributed by atoms with Crippen LogP contribution in [-0.4, -0.2) is 35.7 Å². The van der Waals surface area contributed by atoms with E-state index in [0.29, 0.717) is 5.65 Å². The second-order valence-corrected chi connectivity index (χ2v) is 6.44. The Hall–Kier alpha value is -2.90. The first-order valence-corrected chi connectivity index (χ1v) is 8.46. The van der Waals surface area contributed by atoms with Gasteiger partial charge in [0, 0.05) is 37.8 Å². The van der Waals surface area contributed by atoms with Crippen molar-refractivity contribution in [2.24, 2.45) is 0 Å². The zero-order chi connectivity index (χ0) is 17.4. The molecule has 0 aromatic carbocycles. The summed E-state index contributed by atoms with van der Waals surface area (Å²) < 4.78 is 4.92. The number of carbonyl (C=O) groups excluding carboxylic acids is 1. The van der Waals surface area contributed by atoms with Gasteiger partial charge in [0.2, 0.25) is 5.91 Å². The van der Waals surface area contributed by atoms with Crippen molar-refractivity contribution >= 4 is 11.6 Å². The predicted octanol–water partition coefficient (Wildman–Crippen LogP) is 0.522. The van der Waals surface area contributed by atoms with E-state index in [1.807, 2.05) is 19.2 Å². The van der Waals surface area contributed by atoms with Gasteiger partial charge in [-0.05, 0) is 25.5 Å². The van der Waals surface area contributed by atoms with Crippen molar-refractivity contribution in [2.75, 3.05) is 0 Å². The van der Waals surface area contributed by atoms with Crippen LogP contribution in [0.3, 0.4) is 0 Å². The largest absolute Gasteiger partial charge is 0.352 e. The number of imidazole rings is 1. The van der Waals surface area contributed by atoms with E-state index in [1.54, 1.807) is 18.3 Å². The van der Waals surface area contributed by atoms with Crippen LogP contribution in [0.25, 0.3) is 5.65 Å². The molecule has 1 atom stereocenters. The first-order chi connectivity index (χ1) is 12.1. The van der Waals surface area contributed by atoms with Crippen LogP contribution in [0.4, 0.5) is 0 Å². The molecular weight excluding hydrogens is 320 g/mol. The predicted molar refractivity (Wildman–Crippen MR) is 91.3 cm³/mol. The lowest BCUT2D eigenvalue weighted by Gasteiger charge is -2.24. The van der Waals surface area contributed by atoms with E-state index in [9.17, 15) is 9.59 Å². The normalized spacial score (nSPS) is 16.8. The molecule has 0 saturated carbocycles. The number of nitrogens with one attached hydrogen (secondary N) is 1. The van der Waals surface area contributed by atoms with Gasteiger partial charge in [-0.1, -0.05) is 6.07 Å². The van der Waals surface area contributed by atoms with Gasteiger partial charge in [-0.2, -0.15) is 0 Å². The highest BCUT2D eigenvalue weighted by atomic mass is 16.2. The number of aromatic nitrogens is 5. The van der Waals surface area contributed by atoms with Crippen LogP contribution in [0.1, 0.15) is 24.4 Å². The maximum absolute atomic E-state index is 12.2. The van der Waals surface area contributed by atoms with Gasteiger partial charge in [-0.3, -0.25) is 9.20 Å². The summed E-state index contributed by atoms with van der Waals surface area (Å²) in [5.74, 6) is 1.02. The van der Waals surface area contributed by atoms with E-state index in [0.717, 1.165) is 30.9 Å². The molecular formula is C17H20N6O2. The third-order valence-electron chi connectivity index (χ3n) is 4.52. The van der Waals surface area contributed by atoms with Gasteiger partial charge in [-0.15, -0.1) is 5.10 Å². The van der Waals surface area contributed by atoms with Crippen molar-refractivity contribution in [1.82, 2.24) is 29.0 Å². The lowest BCUT2D eigenvalue weighted by Crippen LogP contribution is -2.41. The van der Waals surface area contributed by atoms with Crippen LogP contribution in [0.2, 0.25) is 0 Å². The summed E-state index contributed by atoms with van der Waals surface area (Å²) >= 11 is 0. The van der Waals surface area contributed by atoms with Gasteiger partial charge >= 0.3 is 5.69 Å². The quantitative estimate of drug-likeness (QED) is 0.750. The molecule has 4 heterocycles. The monoisotopic (exact) mass is 340 g/mol. The Morgan fingerprint density at radius 1 is 1.40 bits per heavy atom. The van der Waals surface area contributed by atoms with Gasteiger partial charge in [0.05, 0.1) is 12.2 Å². The standard InChI is InChI=1S/C17H20N6O2/c1-12-10-21-11-13(5-6-14(21)18-12)19-16(24)7-9-23-17(25)22-8-3-2-4-15(22)20-23/h2-4,8,10,13H,5-7,9,11H2,1H3,(H,19,24)/t13-/m0/s1. The maximum Gasteiger partial charge on any atom is 0.350 e. The number of hydrogen-bond donors (Lipinski definition) is 1. The molecule has 0 spiro atoms. The lowest BCUT2D eigenvalue weighted by atomic mass is 10.1. The van der Waals surface area contributed by atoms with E-state index in [2.05, 4.69) is 20.0 Å². The van der Waals surface area contributed by atoms with E-state index < -0.39 is 0 Å². The average Bonchev–Trinajstić information content (AvgIpc) is 3.12. The number of nitrogens with zero attached hydrogens (tertiary/aromatic N) is 5. The number of carbonyl (C=O) groups is 1. The fourth-order valence-electron chi connectivity index (χ4n) is 3.33. The summed E-state index contributed by atoms with van der Waals surface area (Å²) in [6.45, 7) is 3.00. The Bertz CT molecular complexity index is 983. The summed E-state index contributed by atoms with van der Waals surface area (Å²) in [7, 11) is 0. The highest BCUT2D eigenvalue weighted by Crippen LogP contribution is 2.15. The Balaban J connectivity index is 1.36. The molecule has 3 aromatic rings.